The van der Waals surface area contributed by atoms with Gasteiger partial charge >= 0.3 is 11.9 Å². The number of ether oxygens (including phenoxy) is 2. The average molecular weight is 309 g/mol. The number of rotatable bonds is 7. The van der Waals surface area contributed by atoms with Crippen molar-refractivity contribution in [3.05, 3.63) is 39.9 Å². The van der Waals surface area contributed by atoms with Crippen molar-refractivity contribution in [3.63, 3.8) is 0 Å². The first kappa shape index (κ1) is 17.6. The number of hydrogen-bond acceptors (Lipinski definition) is 6. The molecule has 1 aromatic rings. The zero-order valence-corrected chi connectivity index (χ0v) is 12.8. The summed E-state index contributed by atoms with van der Waals surface area (Å²) in [5.41, 5.74) is 0.738. The highest BCUT2D eigenvalue weighted by molar-refractivity contribution is 5.67. The Morgan fingerprint density at radius 2 is 1.59 bits per heavy atom. The van der Waals surface area contributed by atoms with E-state index in [4.69, 9.17) is 9.47 Å². The van der Waals surface area contributed by atoms with Crippen LogP contribution in [0.15, 0.2) is 24.3 Å². The summed E-state index contributed by atoms with van der Waals surface area (Å²) >= 11 is 0. The van der Waals surface area contributed by atoms with Gasteiger partial charge in [-0.1, -0.05) is 19.1 Å². The van der Waals surface area contributed by atoms with E-state index in [-0.39, 0.29) is 5.69 Å². The lowest BCUT2D eigenvalue weighted by atomic mass is 10.0. The molecule has 0 fully saturated rings. The fourth-order valence-corrected chi connectivity index (χ4v) is 2.08. The molecule has 0 saturated carbocycles. The van der Waals surface area contributed by atoms with Gasteiger partial charge in [-0.15, -0.1) is 0 Å². The Kier molecular flexibility index (Phi) is 6.49. The van der Waals surface area contributed by atoms with E-state index in [2.05, 4.69) is 0 Å². The normalized spacial score (nSPS) is 13.0. The van der Waals surface area contributed by atoms with Gasteiger partial charge in [-0.25, -0.2) is 0 Å². The van der Waals surface area contributed by atoms with E-state index in [1.165, 1.54) is 26.0 Å². The Hall–Kier alpha value is -2.44. The van der Waals surface area contributed by atoms with Crippen LogP contribution in [-0.2, 0) is 25.5 Å². The number of non-ortho nitro benzene ring substituents is 1. The maximum atomic E-state index is 11.2. The fraction of sp³-hybridized carbons (Fsp3) is 0.467. The second kappa shape index (κ2) is 8.11. The largest absolute Gasteiger partial charge is 0.459 e. The van der Waals surface area contributed by atoms with Crippen LogP contribution < -0.4 is 0 Å². The van der Waals surface area contributed by atoms with Crippen molar-refractivity contribution in [2.24, 2.45) is 0 Å². The first-order valence-corrected chi connectivity index (χ1v) is 6.91. The summed E-state index contributed by atoms with van der Waals surface area (Å²) in [5.74, 6) is -0.926. The zero-order chi connectivity index (χ0) is 16.7. The maximum absolute atomic E-state index is 11.2. The molecule has 0 bridgehead atoms. The topological polar surface area (TPSA) is 95.7 Å². The van der Waals surface area contributed by atoms with Crippen molar-refractivity contribution < 1.29 is 24.0 Å². The maximum Gasteiger partial charge on any atom is 0.303 e. The van der Waals surface area contributed by atoms with Crippen LogP contribution in [0.2, 0.25) is 0 Å². The average Bonchev–Trinajstić information content (AvgIpc) is 2.44. The Balaban J connectivity index is 2.89. The number of carbonyl (C=O) groups is 2. The van der Waals surface area contributed by atoms with Gasteiger partial charge in [0.2, 0.25) is 0 Å². The smallest absolute Gasteiger partial charge is 0.303 e. The zero-order valence-electron chi connectivity index (χ0n) is 12.8. The molecule has 1 rings (SSSR count). The number of benzene rings is 1. The number of hydrogen-bond donors (Lipinski definition) is 0. The van der Waals surface area contributed by atoms with Gasteiger partial charge in [-0.05, 0) is 12.0 Å². The predicted molar refractivity (Wildman–Crippen MR) is 78.2 cm³/mol. The molecule has 0 amide bonds. The molecular formula is C15H19NO6. The molecular weight excluding hydrogens is 290 g/mol. The minimum Gasteiger partial charge on any atom is -0.459 e. The van der Waals surface area contributed by atoms with Gasteiger partial charge in [0.1, 0.15) is 12.2 Å². The van der Waals surface area contributed by atoms with Gasteiger partial charge in [0.25, 0.3) is 5.69 Å². The Morgan fingerprint density at radius 1 is 1.09 bits per heavy atom. The van der Waals surface area contributed by atoms with E-state index in [1.807, 2.05) is 6.92 Å². The van der Waals surface area contributed by atoms with E-state index < -0.39 is 29.1 Å². The second-order valence-electron chi connectivity index (χ2n) is 4.83. The molecule has 0 spiro atoms. The van der Waals surface area contributed by atoms with Crippen molar-refractivity contribution in [1.29, 1.82) is 0 Å². The van der Waals surface area contributed by atoms with Gasteiger partial charge in [0.15, 0.2) is 0 Å². The van der Waals surface area contributed by atoms with E-state index in [0.717, 1.165) is 5.56 Å². The number of carbonyl (C=O) groups excluding carboxylic acids is 2. The van der Waals surface area contributed by atoms with Crippen molar-refractivity contribution >= 4 is 17.6 Å². The summed E-state index contributed by atoms with van der Waals surface area (Å²) in [6.45, 7) is 4.39. The minimum atomic E-state index is -0.632. The Morgan fingerprint density at radius 3 is 2.00 bits per heavy atom. The highest BCUT2D eigenvalue weighted by Gasteiger charge is 2.26. The fourth-order valence-electron chi connectivity index (χ4n) is 2.08. The summed E-state index contributed by atoms with van der Waals surface area (Å²) < 4.78 is 10.4. The molecule has 2 unspecified atom stereocenters. The van der Waals surface area contributed by atoms with Crippen molar-refractivity contribution in [2.75, 3.05) is 0 Å². The molecule has 1 aromatic carbocycles. The summed E-state index contributed by atoms with van der Waals surface area (Å²) in [5, 5.41) is 10.6. The van der Waals surface area contributed by atoms with E-state index >= 15 is 0 Å². The third-order valence-electron chi connectivity index (χ3n) is 3.04. The van der Waals surface area contributed by atoms with Gasteiger partial charge in [-0.2, -0.15) is 0 Å². The number of nitro groups is 1. The minimum absolute atomic E-state index is 0.0141. The molecule has 7 nitrogen and oxygen atoms in total. The number of esters is 2. The van der Waals surface area contributed by atoms with Crippen LogP contribution in [0, 0.1) is 10.1 Å². The van der Waals surface area contributed by atoms with E-state index in [0.29, 0.717) is 12.8 Å². The summed E-state index contributed by atoms with van der Waals surface area (Å²) in [4.78, 5) is 32.5. The van der Waals surface area contributed by atoms with Gasteiger partial charge in [-0.3, -0.25) is 19.7 Å². The van der Waals surface area contributed by atoms with Crippen molar-refractivity contribution in [3.8, 4) is 0 Å². The van der Waals surface area contributed by atoms with Crippen molar-refractivity contribution in [1.82, 2.24) is 0 Å². The molecule has 0 saturated heterocycles. The van der Waals surface area contributed by atoms with Crippen LogP contribution in [0.3, 0.4) is 0 Å². The standard InChI is InChI=1S/C15H19NO6/c1-4-14(21-10(2)17)15(22-11(3)18)9-12-5-7-13(8-6-12)16(19)20/h5-8,14-15H,4,9H2,1-3H3. The lowest BCUT2D eigenvalue weighted by Crippen LogP contribution is -2.35. The highest BCUT2D eigenvalue weighted by atomic mass is 16.6. The highest BCUT2D eigenvalue weighted by Crippen LogP contribution is 2.18. The van der Waals surface area contributed by atoms with Crippen LogP contribution in [0.4, 0.5) is 5.69 Å². The molecule has 0 aliphatic rings. The lowest BCUT2D eigenvalue weighted by molar-refractivity contribution is -0.384. The predicted octanol–water partition coefficient (Wildman–Crippen LogP) is 2.41. The molecule has 0 heterocycles. The van der Waals surface area contributed by atoms with Crippen LogP contribution in [-0.4, -0.2) is 29.1 Å². The molecule has 120 valence electrons. The molecule has 22 heavy (non-hydrogen) atoms. The van der Waals surface area contributed by atoms with Crippen LogP contribution >= 0.6 is 0 Å². The van der Waals surface area contributed by atoms with Crippen LogP contribution in [0.1, 0.15) is 32.8 Å². The summed E-state index contributed by atoms with van der Waals surface area (Å²) in [6.07, 6.45) is -0.391. The third kappa shape index (κ3) is 5.51. The third-order valence-corrected chi connectivity index (χ3v) is 3.04. The molecule has 7 heteroatoms. The molecule has 0 radical (unpaired) electrons. The molecule has 0 aliphatic heterocycles. The number of nitro benzene ring substituents is 1. The monoisotopic (exact) mass is 309 g/mol. The Labute approximate surface area is 128 Å². The van der Waals surface area contributed by atoms with Gasteiger partial charge in [0, 0.05) is 32.4 Å². The van der Waals surface area contributed by atoms with Gasteiger partial charge in [0.05, 0.1) is 4.92 Å². The lowest BCUT2D eigenvalue weighted by Gasteiger charge is -2.25. The first-order chi connectivity index (χ1) is 10.3. The van der Waals surface area contributed by atoms with Gasteiger partial charge < -0.3 is 9.47 Å². The summed E-state index contributed by atoms with van der Waals surface area (Å²) in [7, 11) is 0. The van der Waals surface area contributed by atoms with Crippen molar-refractivity contribution in [2.45, 2.75) is 45.8 Å². The van der Waals surface area contributed by atoms with Crippen LogP contribution in [0.5, 0.6) is 0 Å². The molecule has 0 aromatic heterocycles. The summed E-state index contributed by atoms with van der Waals surface area (Å²) in [6, 6.07) is 5.95. The first-order valence-electron chi connectivity index (χ1n) is 6.91. The van der Waals surface area contributed by atoms with E-state index in [9.17, 15) is 19.7 Å². The number of nitrogens with zero attached hydrogens (tertiary/aromatic N) is 1. The molecule has 0 aliphatic carbocycles. The quantitative estimate of drug-likeness (QED) is 0.436. The molecule has 0 N–H and O–H groups in total. The second-order valence-corrected chi connectivity index (χ2v) is 4.83. The van der Waals surface area contributed by atoms with E-state index in [1.54, 1.807) is 12.1 Å². The SMILES string of the molecule is CCC(OC(C)=O)C(Cc1ccc([N+](=O)[O-])cc1)OC(C)=O. The Bertz CT molecular complexity index is 539. The molecule has 2 atom stereocenters. The van der Waals surface area contributed by atoms with Crippen LogP contribution in [0.25, 0.3) is 0 Å².